The van der Waals surface area contributed by atoms with E-state index in [0.717, 1.165) is 20.5 Å². The minimum absolute atomic E-state index is 0.131. The van der Waals surface area contributed by atoms with Gasteiger partial charge in [-0.05, 0) is 76.7 Å². The standard InChI is InChI=1S/C19H16IN3O/c20-15-5-7-16(8-6-15)23-19(24)17-3-1-2-4-18(17)22-13-14-9-11-21-12-10-14/h1-12,22H,13H2,(H,23,24). The fourth-order valence-electron chi connectivity index (χ4n) is 2.26. The van der Waals surface area contributed by atoms with Gasteiger partial charge in [-0.2, -0.15) is 0 Å². The third-order valence-electron chi connectivity index (χ3n) is 3.51. The Labute approximate surface area is 154 Å². The van der Waals surface area contributed by atoms with E-state index in [2.05, 4.69) is 38.2 Å². The molecule has 0 bridgehead atoms. The molecule has 24 heavy (non-hydrogen) atoms. The first kappa shape index (κ1) is 16.4. The molecule has 0 saturated heterocycles. The van der Waals surface area contributed by atoms with E-state index in [-0.39, 0.29) is 5.91 Å². The van der Waals surface area contributed by atoms with E-state index in [9.17, 15) is 4.79 Å². The van der Waals surface area contributed by atoms with Gasteiger partial charge in [0.1, 0.15) is 0 Å². The number of benzene rings is 2. The molecular weight excluding hydrogens is 413 g/mol. The van der Waals surface area contributed by atoms with Gasteiger partial charge in [0, 0.05) is 33.9 Å². The van der Waals surface area contributed by atoms with E-state index in [1.54, 1.807) is 12.4 Å². The molecule has 2 aromatic carbocycles. The monoisotopic (exact) mass is 429 g/mol. The van der Waals surface area contributed by atoms with Crippen molar-refractivity contribution in [2.75, 3.05) is 10.6 Å². The number of aromatic nitrogens is 1. The first-order chi connectivity index (χ1) is 11.7. The number of para-hydroxylation sites is 1. The predicted octanol–water partition coefficient (Wildman–Crippen LogP) is 4.55. The number of nitrogens with one attached hydrogen (secondary N) is 2. The zero-order valence-electron chi connectivity index (χ0n) is 12.9. The summed E-state index contributed by atoms with van der Waals surface area (Å²) in [7, 11) is 0. The fraction of sp³-hybridized carbons (Fsp3) is 0.0526. The molecule has 3 rings (SSSR count). The lowest BCUT2D eigenvalue weighted by Gasteiger charge is -2.12. The van der Waals surface area contributed by atoms with Crippen molar-refractivity contribution in [1.29, 1.82) is 0 Å². The topological polar surface area (TPSA) is 54.0 Å². The van der Waals surface area contributed by atoms with Crippen LogP contribution >= 0.6 is 22.6 Å². The van der Waals surface area contributed by atoms with E-state index in [0.29, 0.717) is 12.1 Å². The van der Waals surface area contributed by atoms with Crippen molar-refractivity contribution in [3.05, 3.63) is 87.8 Å². The number of carbonyl (C=O) groups is 1. The number of carbonyl (C=O) groups excluding carboxylic acids is 1. The summed E-state index contributed by atoms with van der Waals surface area (Å²) in [6.07, 6.45) is 3.51. The maximum atomic E-state index is 12.6. The first-order valence-corrected chi connectivity index (χ1v) is 8.59. The Morgan fingerprint density at radius 2 is 1.67 bits per heavy atom. The Bertz CT molecular complexity index is 820. The molecule has 4 nitrogen and oxygen atoms in total. The Balaban J connectivity index is 1.73. The Kier molecular flexibility index (Phi) is 5.43. The zero-order chi connectivity index (χ0) is 16.8. The second kappa shape index (κ2) is 7.92. The lowest BCUT2D eigenvalue weighted by atomic mass is 10.1. The number of halogens is 1. The summed E-state index contributed by atoms with van der Waals surface area (Å²) in [5, 5.41) is 6.25. The van der Waals surface area contributed by atoms with Crippen molar-refractivity contribution in [2.24, 2.45) is 0 Å². The smallest absolute Gasteiger partial charge is 0.257 e. The molecule has 120 valence electrons. The molecule has 0 spiro atoms. The quantitative estimate of drug-likeness (QED) is 0.586. The summed E-state index contributed by atoms with van der Waals surface area (Å²) >= 11 is 2.24. The average Bonchev–Trinajstić information content (AvgIpc) is 2.63. The molecule has 0 unspecified atom stereocenters. The minimum atomic E-state index is -0.131. The summed E-state index contributed by atoms with van der Waals surface area (Å²) in [6.45, 7) is 0.635. The summed E-state index contributed by atoms with van der Waals surface area (Å²) in [6, 6.07) is 19.1. The van der Waals surface area contributed by atoms with Crippen LogP contribution in [0.1, 0.15) is 15.9 Å². The van der Waals surface area contributed by atoms with Crippen molar-refractivity contribution in [3.63, 3.8) is 0 Å². The number of hydrogen-bond donors (Lipinski definition) is 2. The van der Waals surface area contributed by atoms with Crippen LogP contribution in [0.5, 0.6) is 0 Å². The van der Waals surface area contributed by atoms with Crippen LogP contribution in [-0.4, -0.2) is 10.9 Å². The molecule has 1 heterocycles. The summed E-state index contributed by atoms with van der Waals surface area (Å²) in [5.41, 5.74) is 3.31. The van der Waals surface area contributed by atoms with Gasteiger partial charge in [-0.25, -0.2) is 0 Å². The molecule has 1 amide bonds. The van der Waals surface area contributed by atoms with Crippen molar-refractivity contribution in [1.82, 2.24) is 4.98 Å². The highest BCUT2D eigenvalue weighted by Crippen LogP contribution is 2.19. The highest BCUT2D eigenvalue weighted by atomic mass is 127. The second-order valence-corrected chi connectivity index (χ2v) is 6.46. The van der Waals surface area contributed by atoms with Crippen LogP contribution < -0.4 is 10.6 Å². The van der Waals surface area contributed by atoms with Crippen LogP contribution in [0.15, 0.2) is 73.1 Å². The number of anilines is 2. The summed E-state index contributed by atoms with van der Waals surface area (Å²) < 4.78 is 1.13. The Hall–Kier alpha value is -2.41. The van der Waals surface area contributed by atoms with Crippen molar-refractivity contribution >= 4 is 39.9 Å². The van der Waals surface area contributed by atoms with Gasteiger partial charge in [-0.3, -0.25) is 9.78 Å². The maximum Gasteiger partial charge on any atom is 0.257 e. The van der Waals surface area contributed by atoms with Gasteiger partial charge in [-0.15, -0.1) is 0 Å². The van der Waals surface area contributed by atoms with Crippen molar-refractivity contribution in [2.45, 2.75) is 6.54 Å². The van der Waals surface area contributed by atoms with Crippen LogP contribution in [0.25, 0.3) is 0 Å². The van der Waals surface area contributed by atoms with Gasteiger partial charge in [0.15, 0.2) is 0 Å². The highest BCUT2D eigenvalue weighted by molar-refractivity contribution is 14.1. The minimum Gasteiger partial charge on any atom is -0.380 e. The maximum absolute atomic E-state index is 12.6. The Morgan fingerprint density at radius 1 is 0.958 bits per heavy atom. The van der Waals surface area contributed by atoms with Crippen LogP contribution in [0.4, 0.5) is 11.4 Å². The van der Waals surface area contributed by atoms with Crippen molar-refractivity contribution in [3.8, 4) is 0 Å². The van der Waals surface area contributed by atoms with Gasteiger partial charge in [0.05, 0.1) is 5.56 Å². The molecule has 0 atom stereocenters. The lowest BCUT2D eigenvalue weighted by molar-refractivity contribution is 0.102. The van der Waals surface area contributed by atoms with Gasteiger partial charge >= 0.3 is 0 Å². The molecule has 0 radical (unpaired) electrons. The van der Waals surface area contributed by atoms with E-state index in [1.165, 1.54) is 0 Å². The third-order valence-corrected chi connectivity index (χ3v) is 4.23. The number of hydrogen-bond acceptors (Lipinski definition) is 3. The number of rotatable bonds is 5. The van der Waals surface area contributed by atoms with E-state index >= 15 is 0 Å². The third kappa shape index (κ3) is 4.32. The number of nitrogens with zero attached hydrogens (tertiary/aromatic N) is 1. The Morgan fingerprint density at radius 3 is 2.42 bits per heavy atom. The molecule has 0 aliphatic heterocycles. The predicted molar refractivity (Wildman–Crippen MR) is 105 cm³/mol. The van der Waals surface area contributed by atoms with Gasteiger partial charge in [0.2, 0.25) is 0 Å². The van der Waals surface area contributed by atoms with E-state index in [4.69, 9.17) is 0 Å². The number of pyridine rings is 1. The zero-order valence-corrected chi connectivity index (χ0v) is 15.0. The van der Waals surface area contributed by atoms with E-state index < -0.39 is 0 Å². The van der Waals surface area contributed by atoms with E-state index in [1.807, 2.05) is 60.7 Å². The molecule has 5 heteroatoms. The van der Waals surface area contributed by atoms with Gasteiger partial charge in [-0.1, -0.05) is 12.1 Å². The largest absolute Gasteiger partial charge is 0.380 e. The van der Waals surface area contributed by atoms with Crippen LogP contribution in [0.2, 0.25) is 0 Å². The molecule has 3 aromatic rings. The van der Waals surface area contributed by atoms with Crippen molar-refractivity contribution < 1.29 is 4.79 Å². The molecule has 0 saturated carbocycles. The molecular formula is C19H16IN3O. The lowest BCUT2D eigenvalue weighted by Crippen LogP contribution is -2.14. The molecule has 1 aromatic heterocycles. The normalized spacial score (nSPS) is 10.2. The fourth-order valence-corrected chi connectivity index (χ4v) is 2.62. The van der Waals surface area contributed by atoms with Crippen LogP contribution in [0.3, 0.4) is 0 Å². The molecule has 2 N–H and O–H groups in total. The molecule has 0 aliphatic rings. The second-order valence-electron chi connectivity index (χ2n) is 5.22. The number of amides is 1. The highest BCUT2D eigenvalue weighted by Gasteiger charge is 2.11. The average molecular weight is 429 g/mol. The molecule has 0 fully saturated rings. The molecule has 0 aliphatic carbocycles. The van der Waals surface area contributed by atoms with Crippen LogP contribution in [-0.2, 0) is 6.54 Å². The van der Waals surface area contributed by atoms with Gasteiger partial charge < -0.3 is 10.6 Å². The first-order valence-electron chi connectivity index (χ1n) is 7.51. The van der Waals surface area contributed by atoms with Crippen LogP contribution in [0, 0.1) is 3.57 Å². The summed E-state index contributed by atoms with van der Waals surface area (Å²) in [5.74, 6) is -0.131. The SMILES string of the molecule is O=C(Nc1ccc(I)cc1)c1ccccc1NCc1ccncc1. The van der Waals surface area contributed by atoms with Gasteiger partial charge in [0.25, 0.3) is 5.91 Å². The summed E-state index contributed by atoms with van der Waals surface area (Å²) in [4.78, 5) is 16.6.